The molecule has 0 aliphatic rings. The fourth-order valence-corrected chi connectivity index (χ4v) is 2.38. The Morgan fingerprint density at radius 2 is 1.79 bits per heavy atom. The molecule has 0 saturated carbocycles. The van der Waals surface area contributed by atoms with E-state index in [0.29, 0.717) is 18.3 Å². The van der Waals surface area contributed by atoms with Crippen LogP contribution >= 0.6 is 12.2 Å². The van der Waals surface area contributed by atoms with Crippen LogP contribution in [0.25, 0.3) is 0 Å². The van der Waals surface area contributed by atoms with Crippen LogP contribution in [-0.4, -0.2) is 17.8 Å². The average molecular weight is 344 g/mol. The number of hydrogen-bond donors (Lipinski definition) is 2. The maximum absolute atomic E-state index is 5.63. The third-order valence-electron chi connectivity index (χ3n) is 3.20. The number of nitrogens with one attached hydrogen (secondary N) is 2. The fraction of sp³-hybridized carbons (Fsp3) is 0.316. The Kier molecular flexibility index (Phi) is 6.88. The Labute approximate surface area is 149 Å². The largest absolute Gasteiger partial charge is 0.494 e. The molecular formula is C19H24N2O2S. The van der Waals surface area contributed by atoms with Crippen molar-refractivity contribution in [3.05, 3.63) is 54.1 Å². The minimum atomic E-state index is 0.164. The van der Waals surface area contributed by atoms with Gasteiger partial charge in [0.05, 0.1) is 12.7 Å². The van der Waals surface area contributed by atoms with Crippen LogP contribution in [0.2, 0.25) is 0 Å². The highest BCUT2D eigenvalue weighted by Gasteiger charge is 2.04. The smallest absolute Gasteiger partial charge is 0.171 e. The molecule has 0 saturated heterocycles. The average Bonchev–Trinajstić information content (AvgIpc) is 2.56. The molecule has 0 amide bonds. The summed E-state index contributed by atoms with van der Waals surface area (Å²) >= 11 is 5.35. The van der Waals surface area contributed by atoms with Gasteiger partial charge in [0.15, 0.2) is 5.11 Å². The Morgan fingerprint density at radius 3 is 2.46 bits per heavy atom. The van der Waals surface area contributed by atoms with Gasteiger partial charge in [-0.1, -0.05) is 18.2 Å². The van der Waals surface area contributed by atoms with Crippen LogP contribution < -0.4 is 20.1 Å². The minimum Gasteiger partial charge on any atom is -0.494 e. The van der Waals surface area contributed by atoms with E-state index in [-0.39, 0.29) is 6.10 Å². The summed E-state index contributed by atoms with van der Waals surface area (Å²) < 4.78 is 11.2. The molecule has 2 N–H and O–H groups in total. The zero-order valence-corrected chi connectivity index (χ0v) is 15.2. The van der Waals surface area contributed by atoms with Crippen LogP contribution in [-0.2, 0) is 6.54 Å². The monoisotopic (exact) mass is 344 g/mol. The zero-order valence-electron chi connectivity index (χ0n) is 14.3. The van der Waals surface area contributed by atoms with Gasteiger partial charge in [-0.15, -0.1) is 0 Å². The van der Waals surface area contributed by atoms with Gasteiger partial charge < -0.3 is 20.1 Å². The van der Waals surface area contributed by atoms with Crippen LogP contribution in [0.3, 0.4) is 0 Å². The second-order valence-electron chi connectivity index (χ2n) is 5.54. The highest BCUT2D eigenvalue weighted by molar-refractivity contribution is 7.80. The number of para-hydroxylation sites is 1. The second-order valence-corrected chi connectivity index (χ2v) is 5.95. The predicted molar refractivity (Wildman–Crippen MR) is 103 cm³/mol. The Hall–Kier alpha value is -2.27. The SMILES string of the molecule is CCOc1ccccc1CNC(=S)Nc1ccc(OC(C)C)cc1. The van der Waals surface area contributed by atoms with Gasteiger partial charge in [-0.3, -0.25) is 0 Å². The molecule has 0 aromatic heterocycles. The van der Waals surface area contributed by atoms with Crippen molar-refractivity contribution in [1.82, 2.24) is 5.32 Å². The highest BCUT2D eigenvalue weighted by Crippen LogP contribution is 2.18. The summed E-state index contributed by atoms with van der Waals surface area (Å²) in [5.41, 5.74) is 1.99. The van der Waals surface area contributed by atoms with Gasteiger partial charge in [0.2, 0.25) is 0 Å². The second kappa shape index (κ2) is 9.13. The third-order valence-corrected chi connectivity index (χ3v) is 3.44. The van der Waals surface area contributed by atoms with Crippen molar-refractivity contribution in [1.29, 1.82) is 0 Å². The van der Waals surface area contributed by atoms with Crippen molar-refractivity contribution in [3.8, 4) is 11.5 Å². The molecule has 0 atom stereocenters. The van der Waals surface area contributed by atoms with Crippen LogP contribution in [0.5, 0.6) is 11.5 Å². The lowest BCUT2D eigenvalue weighted by molar-refractivity contribution is 0.242. The zero-order chi connectivity index (χ0) is 17.4. The molecule has 0 spiro atoms. The van der Waals surface area contributed by atoms with Crippen molar-refractivity contribution in [2.75, 3.05) is 11.9 Å². The van der Waals surface area contributed by atoms with Crippen molar-refractivity contribution in [2.24, 2.45) is 0 Å². The first-order valence-electron chi connectivity index (χ1n) is 8.10. The van der Waals surface area contributed by atoms with Gasteiger partial charge in [-0.25, -0.2) is 0 Å². The van der Waals surface area contributed by atoms with E-state index >= 15 is 0 Å². The number of rotatable bonds is 7. The molecular weight excluding hydrogens is 320 g/mol. The van der Waals surface area contributed by atoms with Crippen LogP contribution in [0, 0.1) is 0 Å². The summed E-state index contributed by atoms with van der Waals surface area (Å²) in [6.07, 6.45) is 0.164. The lowest BCUT2D eigenvalue weighted by Crippen LogP contribution is -2.28. The van der Waals surface area contributed by atoms with Crippen molar-refractivity contribution in [3.63, 3.8) is 0 Å². The lowest BCUT2D eigenvalue weighted by atomic mass is 10.2. The Balaban J connectivity index is 1.87. The first-order valence-corrected chi connectivity index (χ1v) is 8.51. The van der Waals surface area contributed by atoms with Gasteiger partial charge >= 0.3 is 0 Å². The van der Waals surface area contributed by atoms with Crippen molar-refractivity contribution in [2.45, 2.75) is 33.4 Å². The van der Waals surface area contributed by atoms with Gasteiger partial charge in [0.25, 0.3) is 0 Å². The molecule has 0 unspecified atom stereocenters. The number of hydrogen-bond acceptors (Lipinski definition) is 3. The van der Waals surface area contributed by atoms with E-state index in [2.05, 4.69) is 10.6 Å². The number of ether oxygens (including phenoxy) is 2. The maximum Gasteiger partial charge on any atom is 0.171 e. The van der Waals surface area contributed by atoms with E-state index in [9.17, 15) is 0 Å². The first-order chi connectivity index (χ1) is 11.6. The van der Waals surface area contributed by atoms with E-state index < -0.39 is 0 Å². The molecule has 0 bridgehead atoms. The molecule has 2 rings (SSSR count). The predicted octanol–water partition coefficient (Wildman–Crippen LogP) is 4.36. The van der Waals surface area contributed by atoms with E-state index in [0.717, 1.165) is 22.7 Å². The summed E-state index contributed by atoms with van der Waals surface area (Å²) in [4.78, 5) is 0. The van der Waals surface area contributed by atoms with E-state index in [1.54, 1.807) is 0 Å². The fourth-order valence-electron chi connectivity index (χ4n) is 2.19. The topological polar surface area (TPSA) is 42.5 Å². The van der Waals surface area contributed by atoms with Gasteiger partial charge in [0.1, 0.15) is 11.5 Å². The van der Waals surface area contributed by atoms with Crippen molar-refractivity contribution >= 4 is 23.0 Å². The summed E-state index contributed by atoms with van der Waals surface area (Å²) in [6, 6.07) is 15.7. The molecule has 0 heterocycles. The number of anilines is 1. The summed E-state index contributed by atoms with van der Waals surface area (Å²) in [5, 5.41) is 6.94. The molecule has 0 fully saturated rings. The van der Waals surface area contributed by atoms with Gasteiger partial charge in [-0.05, 0) is 63.3 Å². The van der Waals surface area contributed by atoms with Crippen LogP contribution in [0.1, 0.15) is 26.3 Å². The lowest BCUT2D eigenvalue weighted by Gasteiger charge is -2.14. The summed E-state index contributed by atoms with van der Waals surface area (Å²) in [6.45, 7) is 7.24. The quantitative estimate of drug-likeness (QED) is 0.731. The Bertz CT molecular complexity index is 657. The molecule has 128 valence electrons. The van der Waals surface area contributed by atoms with E-state index in [1.165, 1.54) is 0 Å². The molecule has 0 aliphatic heterocycles. The van der Waals surface area contributed by atoms with Gasteiger partial charge in [-0.2, -0.15) is 0 Å². The third kappa shape index (κ3) is 5.74. The summed E-state index contributed by atoms with van der Waals surface area (Å²) in [7, 11) is 0. The van der Waals surface area contributed by atoms with E-state index in [1.807, 2.05) is 69.3 Å². The molecule has 0 aliphatic carbocycles. The normalized spacial score (nSPS) is 10.3. The highest BCUT2D eigenvalue weighted by atomic mass is 32.1. The molecule has 24 heavy (non-hydrogen) atoms. The van der Waals surface area contributed by atoms with Crippen LogP contribution in [0.4, 0.5) is 5.69 Å². The molecule has 0 radical (unpaired) electrons. The first kappa shape index (κ1) is 18.1. The standard InChI is InChI=1S/C19H24N2O2S/c1-4-22-18-8-6-5-7-15(18)13-20-19(24)21-16-9-11-17(12-10-16)23-14(2)3/h5-12,14H,4,13H2,1-3H3,(H2,20,21,24). The van der Waals surface area contributed by atoms with Gasteiger partial charge in [0, 0.05) is 17.8 Å². The summed E-state index contributed by atoms with van der Waals surface area (Å²) in [5.74, 6) is 1.73. The molecule has 5 heteroatoms. The van der Waals surface area contributed by atoms with Crippen molar-refractivity contribution < 1.29 is 9.47 Å². The minimum absolute atomic E-state index is 0.164. The molecule has 4 nitrogen and oxygen atoms in total. The Morgan fingerprint density at radius 1 is 1.08 bits per heavy atom. The number of benzene rings is 2. The van der Waals surface area contributed by atoms with Crippen LogP contribution in [0.15, 0.2) is 48.5 Å². The number of thiocarbonyl (C=S) groups is 1. The van der Waals surface area contributed by atoms with E-state index in [4.69, 9.17) is 21.7 Å². The maximum atomic E-state index is 5.63. The molecule has 2 aromatic rings. The molecule has 2 aromatic carbocycles.